The summed E-state index contributed by atoms with van der Waals surface area (Å²) in [5.41, 5.74) is 3.46. The fraction of sp³-hybridized carbons (Fsp3) is 0.423. The zero-order valence-electron chi connectivity index (χ0n) is 19.6. The molecule has 4 aliphatic carbocycles. The molecule has 2 unspecified atom stereocenters. The van der Waals surface area contributed by atoms with Crippen LogP contribution in [0.2, 0.25) is 0 Å². The van der Waals surface area contributed by atoms with Gasteiger partial charge in [0, 0.05) is 16.0 Å². The third-order valence-corrected chi connectivity index (χ3v) is 8.44. The van der Waals surface area contributed by atoms with Gasteiger partial charge in [-0.05, 0) is 85.3 Å². The highest BCUT2D eigenvalue weighted by atomic mass is 35.5. The highest BCUT2D eigenvalue weighted by Gasteiger charge is 2.53. The standard InChI is InChI=1S/C26H28ClO7P/c1-32-24(23-19-9-15-10-20(23)14-26(27,12-15)13-19)18-7-8-21(22(11-18)34-35(29,30)31)16-3-5-17(6-4-16)25(28)33-2/h3-8,11,15,19-20H,9-10,12-14H2,1-2H3,(H2,29,30,31). The van der Waals surface area contributed by atoms with E-state index < -0.39 is 13.8 Å². The summed E-state index contributed by atoms with van der Waals surface area (Å²) in [4.78, 5) is 30.8. The molecule has 0 radical (unpaired) electrons. The minimum atomic E-state index is -4.83. The number of carbonyl (C=O) groups is 1. The molecule has 0 aliphatic heterocycles. The van der Waals surface area contributed by atoms with Crippen molar-refractivity contribution in [1.82, 2.24) is 0 Å². The Labute approximate surface area is 209 Å². The minimum absolute atomic E-state index is 0.0365. The van der Waals surface area contributed by atoms with Crippen molar-refractivity contribution < 1.29 is 33.1 Å². The van der Waals surface area contributed by atoms with Gasteiger partial charge in [-0.2, -0.15) is 0 Å². The van der Waals surface area contributed by atoms with Crippen molar-refractivity contribution in [2.24, 2.45) is 17.8 Å². The van der Waals surface area contributed by atoms with Gasteiger partial charge in [0.1, 0.15) is 11.5 Å². The van der Waals surface area contributed by atoms with Crippen LogP contribution in [0.1, 0.15) is 48.0 Å². The fourth-order valence-electron chi connectivity index (χ4n) is 6.47. The van der Waals surface area contributed by atoms with Crippen LogP contribution in [-0.2, 0) is 14.0 Å². The number of hydrogen-bond acceptors (Lipinski definition) is 5. The normalized spacial score (nSPS) is 27.0. The first kappa shape index (κ1) is 24.4. The second-order valence-electron chi connectivity index (χ2n) is 9.84. The zero-order chi connectivity index (χ0) is 25.0. The number of allylic oxidation sites excluding steroid dienone is 1. The summed E-state index contributed by atoms with van der Waals surface area (Å²) in [5.74, 6) is 1.66. The van der Waals surface area contributed by atoms with E-state index in [2.05, 4.69) is 0 Å². The first-order valence-electron chi connectivity index (χ1n) is 11.6. The molecular weight excluding hydrogens is 491 g/mol. The molecule has 2 N–H and O–H groups in total. The number of benzene rings is 2. The van der Waals surface area contributed by atoms with Crippen LogP contribution in [0.3, 0.4) is 0 Å². The fourth-order valence-corrected chi connectivity index (χ4v) is 7.47. The molecule has 0 saturated heterocycles. The summed E-state index contributed by atoms with van der Waals surface area (Å²) < 4.78 is 27.6. The predicted octanol–water partition coefficient (Wildman–Crippen LogP) is 5.79. The average molecular weight is 519 g/mol. The van der Waals surface area contributed by atoms with Crippen molar-refractivity contribution in [2.75, 3.05) is 14.2 Å². The van der Waals surface area contributed by atoms with Gasteiger partial charge in [0.25, 0.3) is 0 Å². The van der Waals surface area contributed by atoms with Gasteiger partial charge >= 0.3 is 13.8 Å². The average Bonchev–Trinajstić information content (AvgIpc) is 2.79. The number of esters is 1. The molecule has 186 valence electrons. The van der Waals surface area contributed by atoms with E-state index in [0.29, 0.717) is 40.0 Å². The Hall–Kier alpha value is -2.31. The van der Waals surface area contributed by atoms with Gasteiger partial charge in [-0.15, -0.1) is 11.6 Å². The largest absolute Gasteiger partial charge is 0.524 e. The van der Waals surface area contributed by atoms with Gasteiger partial charge in [0.2, 0.25) is 0 Å². The molecule has 0 heterocycles. The van der Waals surface area contributed by atoms with E-state index >= 15 is 0 Å². The van der Waals surface area contributed by atoms with E-state index in [1.807, 2.05) is 6.07 Å². The van der Waals surface area contributed by atoms with Crippen molar-refractivity contribution in [2.45, 2.75) is 37.0 Å². The van der Waals surface area contributed by atoms with E-state index in [4.69, 9.17) is 25.6 Å². The van der Waals surface area contributed by atoms with Crippen molar-refractivity contribution in [3.05, 3.63) is 59.2 Å². The van der Waals surface area contributed by atoms with Crippen molar-refractivity contribution in [3.8, 4) is 16.9 Å². The number of hydrogen-bond donors (Lipinski definition) is 2. The van der Waals surface area contributed by atoms with Gasteiger partial charge in [0.15, 0.2) is 0 Å². The lowest BCUT2D eigenvalue weighted by molar-refractivity contribution is 0.0600. The molecular formula is C26H28ClO7P. The van der Waals surface area contributed by atoms with Crippen molar-refractivity contribution in [1.29, 1.82) is 0 Å². The van der Waals surface area contributed by atoms with E-state index in [1.165, 1.54) is 12.7 Å². The Morgan fingerprint density at radius 3 is 2.14 bits per heavy atom. The molecule has 9 heteroatoms. The highest BCUT2D eigenvalue weighted by molar-refractivity contribution is 7.46. The second-order valence-corrected chi connectivity index (χ2v) is 11.8. The van der Waals surface area contributed by atoms with Crippen LogP contribution in [0.15, 0.2) is 48.0 Å². The molecule has 2 aromatic carbocycles. The molecule has 0 aromatic heterocycles. The van der Waals surface area contributed by atoms with Crippen molar-refractivity contribution in [3.63, 3.8) is 0 Å². The van der Waals surface area contributed by atoms with Crippen molar-refractivity contribution >= 4 is 31.2 Å². The van der Waals surface area contributed by atoms with Gasteiger partial charge in [-0.25, -0.2) is 9.36 Å². The first-order valence-corrected chi connectivity index (χ1v) is 13.6. The quantitative estimate of drug-likeness (QED) is 0.216. The number of carbonyl (C=O) groups excluding carboxylic acids is 1. The number of ether oxygens (including phenoxy) is 2. The maximum Gasteiger partial charge on any atom is 0.524 e. The molecule has 4 aliphatic rings. The van der Waals surface area contributed by atoms with Crippen LogP contribution in [-0.4, -0.2) is 34.8 Å². The molecule has 4 bridgehead atoms. The third-order valence-electron chi connectivity index (χ3n) is 7.54. The SMILES string of the molecule is COC(=O)c1ccc(-c2ccc(C(OC)=C3C4CC5CC3CC(Cl)(C5)C4)cc2OP(=O)(O)O)cc1. The van der Waals surface area contributed by atoms with Crippen LogP contribution in [0.5, 0.6) is 5.75 Å². The Morgan fingerprint density at radius 2 is 1.60 bits per heavy atom. The molecule has 4 fully saturated rings. The molecule has 0 spiro atoms. The maximum absolute atomic E-state index is 11.8. The molecule has 2 atom stereocenters. The van der Waals surface area contributed by atoms with E-state index in [-0.39, 0.29) is 10.6 Å². The Bertz CT molecular complexity index is 1210. The molecule has 0 amide bonds. The molecule has 2 aromatic rings. The lowest BCUT2D eigenvalue weighted by Crippen LogP contribution is -2.48. The number of phosphoric acid groups is 1. The minimum Gasteiger partial charge on any atom is -0.496 e. The second kappa shape index (κ2) is 8.97. The maximum atomic E-state index is 11.8. The summed E-state index contributed by atoms with van der Waals surface area (Å²) in [7, 11) is -1.90. The summed E-state index contributed by atoms with van der Waals surface area (Å²) in [6.07, 6.45) is 5.15. The van der Waals surface area contributed by atoms with E-state index in [1.54, 1.807) is 43.5 Å². The zero-order valence-corrected chi connectivity index (χ0v) is 21.2. The molecule has 6 rings (SSSR count). The number of halogens is 1. The van der Waals surface area contributed by atoms with Crippen LogP contribution in [0.4, 0.5) is 0 Å². The van der Waals surface area contributed by atoms with Gasteiger partial charge in [-0.1, -0.05) is 18.2 Å². The number of phosphoric ester groups is 1. The molecule has 4 saturated carbocycles. The summed E-state index contributed by atoms with van der Waals surface area (Å²) in [6, 6.07) is 11.8. The van der Waals surface area contributed by atoms with Gasteiger partial charge in [-0.3, -0.25) is 9.79 Å². The monoisotopic (exact) mass is 518 g/mol. The van der Waals surface area contributed by atoms with Crippen LogP contribution < -0.4 is 4.52 Å². The number of alkyl halides is 1. The van der Waals surface area contributed by atoms with Gasteiger partial charge in [0.05, 0.1) is 19.8 Å². The Balaban J connectivity index is 1.56. The molecule has 35 heavy (non-hydrogen) atoms. The van der Waals surface area contributed by atoms with E-state index in [0.717, 1.165) is 37.9 Å². The number of methoxy groups -OCH3 is 2. The third kappa shape index (κ3) is 4.75. The number of rotatable bonds is 6. The van der Waals surface area contributed by atoms with Crippen LogP contribution in [0, 0.1) is 17.8 Å². The van der Waals surface area contributed by atoms with Crippen LogP contribution in [0.25, 0.3) is 16.9 Å². The lowest BCUT2D eigenvalue weighted by Gasteiger charge is -2.55. The summed E-state index contributed by atoms with van der Waals surface area (Å²) in [6.45, 7) is 0. The van der Waals surface area contributed by atoms with E-state index in [9.17, 15) is 19.1 Å². The van der Waals surface area contributed by atoms with Gasteiger partial charge < -0.3 is 14.0 Å². The Kier molecular flexibility index (Phi) is 6.25. The topological polar surface area (TPSA) is 102 Å². The smallest absolute Gasteiger partial charge is 0.496 e. The highest BCUT2D eigenvalue weighted by Crippen LogP contribution is 2.62. The summed E-state index contributed by atoms with van der Waals surface area (Å²) >= 11 is 6.92. The molecule has 7 nitrogen and oxygen atoms in total. The Morgan fingerprint density at radius 1 is 0.971 bits per heavy atom. The predicted molar refractivity (Wildman–Crippen MR) is 132 cm³/mol. The lowest BCUT2D eigenvalue weighted by atomic mass is 9.53. The summed E-state index contributed by atoms with van der Waals surface area (Å²) in [5, 5.41) is 0. The first-order chi connectivity index (χ1) is 16.6. The van der Waals surface area contributed by atoms with Crippen LogP contribution >= 0.6 is 19.4 Å².